The highest BCUT2D eigenvalue weighted by atomic mass is 16.6. The maximum atomic E-state index is 12.0. The van der Waals surface area contributed by atoms with Gasteiger partial charge in [-0.25, -0.2) is 0 Å². The summed E-state index contributed by atoms with van der Waals surface area (Å²) < 4.78 is 0. The van der Waals surface area contributed by atoms with Crippen LogP contribution < -0.4 is 11.1 Å². The highest BCUT2D eigenvalue weighted by molar-refractivity contribution is 5.97. The molecule has 0 spiro atoms. The monoisotopic (exact) mass is 276 g/mol. The van der Waals surface area contributed by atoms with Crippen LogP contribution >= 0.6 is 0 Å². The Morgan fingerprint density at radius 3 is 2.55 bits per heavy atom. The lowest BCUT2D eigenvalue weighted by atomic mass is 9.87. The summed E-state index contributed by atoms with van der Waals surface area (Å²) in [5, 5.41) is 22.1. The van der Waals surface area contributed by atoms with E-state index in [1.165, 1.54) is 12.1 Å². The normalized spacial score (nSPS) is 12.3. The lowest BCUT2D eigenvalue weighted by molar-refractivity contribution is -0.384. The van der Waals surface area contributed by atoms with Gasteiger partial charge in [-0.2, -0.15) is 5.26 Å². The number of anilines is 1. The molecule has 0 aliphatic rings. The third-order valence-electron chi connectivity index (χ3n) is 2.80. The van der Waals surface area contributed by atoms with Gasteiger partial charge in [0, 0.05) is 6.07 Å². The first-order chi connectivity index (χ1) is 9.16. The van der Waals surface area contributed by atoms with E-state index in [9.17, 15) is 14.9 Å². The lowest BCUT2D eigenvalue weighted by Crippen LogP contribution is -2.45. The average molecular weight is 276 g/mol. The van der Waals surface area contributed by atoms with Crippen LogP contribution in [0.4, 0.5) is 11.4 Å². The van der Waals surface area contributed by atoms with E-state index >= 15 is 0 Å². The van der Waals surface area contributed by atoms with Crippen LogP contribution in [0.2, 0.25) is 0 Å². The second-order valence-electron chi connectivity index (χ2n) is 5.43. The Morgan fingerprint density at radius 1 is 1.50 bits per heavy atom. The molecular weight excluding hydrogens is 260 g/mol. The number of benzene rings is 1. The van der Waals surface area contributed by atoms with Crippen LogP contribution in [0.1, 0.15) is 26.3 Å². The van der Waals surface area contributed by atoms with E-state index in [1.54, 1.807) is 20.8 Å². The van der Waals surface area contributed by atoms with E-state index in [-0.39, 0.29) is 16.9 Å². The van der Waals surface area contributed by atoms with Gasteiger partial charge in [0.25, 0.3) is 5.69 Å². The molecule has 0 unspecified atom stereocenters. The zero-order valence-electron chi connectivity index (χ0n) is 11.5. The molecule has 7 heteroatoms. The van der Waals surface area contributed by atoms with Crippen molar-refractivity contribution in [1.29, 1.82) is 5.26 Å². The van der Waals surface area contributed by atoms with Gasteiger partial charge >= 0.3 is 0 Å². The average Bonchev–Trinajstić information content (AvgIpc) is 2.36. The smallest absolute Gasteiger partial charge is 0.294 e. The molecule has 1 amide bonds. The van der Waals surface area contributed by atoms with Gasteiger partial charge < -0.3 is 11.1 Å². The molecule has 1 aromatic rings. The molecule has 0 heterocycles. The maximum absolute atomic E-state index is 12.0. The fraction of sp³-hybridized carbons (Fsp3) is 0.385. The maximum Gasteiger partial charge on any atom is 0.294 e. The van der Waals surface area contributed by atoms with Crippen LogP contribution in [-0.4, -0.2) is 16.9 Å². The molecule has 20 heavy (non-hydrogen) atoms. The summed E-state index contributed by atoms with van der Waals surface area (Å²) in [5.74, 6) is -0.509. The SMILES string of the molecule is CC(C)(C)[C@H](N)C(=O)Nc1ccc(C#N)cc1[N+](=O)[O-]. The number of amides is 1. The van der Waals surface area contributed by atoms with Gasteiger partial charge in [-0.05, 0) is 17.5 Å². The molecule has 0 saturated carbocycles. The molecule has 0 fully saturated rings. The second kappa shape index (κ2) is 5.67. The first-order valence-electron chi connectivity index (χ1n) is 5.92. The molecule has 1 atom stereocenters. The Morgan fingerprint density at radius 2 is 2.10 bits per heavy atom. The van der Waals surface area contributed by atoms with Crippen LogP contribution in [0.3, 0.4) is 0 Å². The predicted octanol–water partition coefficient (Wildman–Crippen LogP) is 1.78. The number of nitriles is 1. The number of carbonyl (C=O) groups excluding carboxylic acids is 1. The van der Waals surface area contributed by atoms with Crippen LogP contribution in [0.5, 0.6) is 0 Å². The quantitative estimate of drug-likeness (QED) is 0.643. The Kier molecular flexibility index (Phi) is 4.42. The highest BCUT2D eigenvalue weighted by Gasteiger charge is 2.29. The molecule has 106 valence electrons. The van der Waals surface area contributed by atoms with Crippen molar-refractivity contribution < 1.29 is 9.72 Å². The van der Waals surface area contributed by atoms with E-state index in [4.69, 9.17) is 11.0 Å². The van der Waals surface area contributed by atoms with Crippen molar-refractivity contribution in [2.24, 2.45) is 11.1 Å². The number of nitrogens with two attached hydrogens (primary N) is 1. The number of nitro benzene ring substituents is 1. The molecule has 0 aliphatic carbocycles. The van der Waals surface area contributed by atoms with Crippen molar-refractivity contribution in [2.45, 2.75) is 26.8 Å². The Labute approximate surface area is 116 Å². The Bertz CT molecular complexity index is 584. The third-order valence-corrected chi connectivity index (χ3v) is 2.80. The van der Waals surface area contributed by atoms with Crippen molar-refractivity contribution in [3.8, 4) is 6.07 Å². The zero-order valence-corrected chi connectivity index (χ0v) is 11.5. The van der Waals surface area contributed by atoms with E-state index in [0.29, 0.717) is 0 Å². The summed E-state index contributed by atoms with van der Waals surface area (Å²) in [6, 6.07) is 4.83. The van der Waals surface area contributed by atoms with Crippen molar-refractivity contribution in [3.63, 3.8) is 0 Å². The number of nitrogens with zero attached hydrogens (tertiary/aromatic N) is 2. The van der Waals surface area contributed by atoms with Crippen molar-refractivity contribution in [2.75, 3.05) is 5.32 Å². The zero-order chi connectivity index (χ0) is 15.5. The van der Waals surface area contributed by atoms with Crippen LogP contribution in [0.15, 0.2) is 18.2 Å². The topological polar surface area (TPSA) is 122 Å². The summed E-state index contributed by atoms with van der Waals surface area (Å²) in [7, 11) is 0. The van der Waals surface area contributed by atoms with Crippen molar-refractivity contribution in [3.05, 3.63) is 33.9 Å². The minimum absolute atomic E-state index is 0.0266. The van der Waals surface area contributed by atoms with Gasteiger partial charge in [0.05, 0.1) is 22.6 Å². The fourth-order valence-electron chi connectivity index (χ4n) is 1.46. The molecule has 7 nitrogen and oxygen atoms in total. The highest BCUT2D eigenvalue weighted by Crippen LogP contribution is 2.26. The third kappa shape index (κ3) is 3.52. The van der Waals surface area contributed by atoms with Gasteiger partial charge in [0.1, 0.15) is 5.69 Å². The second-order valence-corrected chi connectivity index (χ2v) is 5.43. The first-order valence-corrected chi connectivity index (χ1v) is 5.92. The van der Waals surface area contributed by atoms with E-state index in [2.05, 4.69) is 5.32 Å². The molecular formula is C13H16N4O3. The van der Waals surface area contributed by atoms with Gasteiger partial charge in [0.15, 0.2) is 0 Å². The fourth-order valence-corrected chi connectivity index (χ4v) is 1.46. The number of carbonyl (C=O) groups is 1. The van der Waals surface area contributed by atoms with E-state index in [1.807, 2.05) is 6.07 Å². The summed E-state index contributed by atoms with van der Waals surface area (Å²) in [6.07, 6.45) is 0. The van der Waals surface area contributed by atoms with Gasteiger partial charge in [-0.3, -0.25) is 14.9 Å². The lowest BCUT2D eigenvalue weighted by Gasteiger charge is -2.25. The van der Waals surface area contributed by atoms with Gasteiger partial charge in [-0.15, -0.1) is 0 Å². The first kappa shape index (κ1) is 15.6. The number of nitro groups is 1. The van der Waals surface area contributed by atoms with Crippen LogP contribution in [-0.2, 0) is 4.79 Å². The van der Waals surface area contributed by atoms with E-state index in [0.717, 1.165) is 6.07 Å². The standard InChI is InChI=1S/C13H16N4O3/c1-13(2,3)11(15)12(18)16-9-5-4-8(7-14)6-10(9)17(19)20/h4-6,11H,15H2,1-3H3,(H,16,18)/t11-/m1/s1. The molecule has 0 bridgehead atoms. The molecule has 0 aliphatic heterocycles. The van der Waals surface area contributed by atoms with Crippen molar-refractivity contribution in [1.82, 2.24) is 0 Å². The molecule has 0 saturated heterocycles. The Balaban J connectivity index is 3.07. The number of hydrogen-bond donors (Lipinski definition) is 2. The number of hydrogen-bond acceptors (Lipinski definition) is 5. The number of nitrogens with one attached hydrogen (secondary N) is 1. The molecule has 0 radical (unpaired) electrons. The molecule has 1 rings (SSSR count). The molecule has 3 N–H and O–H groups in total. The van der Waals surface area contributed by atoms with Gasteiger partial charge in [0.2, 0.25) is 5.91 Å². The summed E-state index contributed by atoms with van der Waals surface area (Å²) in [4.78, 5) is 22.3. The Hall–Kier alpha value is -2.46. The summed E-state index contributed by atoms with van der Waals surface area (Å²) in [6.45, 7) is 5.39. The predicted molar refractivity (Wildman–Crippen MR) is 73.9 cm³/mol. The molecule has 1 aromatic carbocycles. The molecule has 0 aromatic heterocycles. The largest absolute Gasteiger partial charge is 0.319 e. The van der Waals surface area contributed by atoms with Gasteiger partial charge in [-0.1, -0.05) is 20.8 Å². The van der Waals surface area contributed by atoms with E-state index < -0.39 is 22.3 Å². The van der Waals surface area contributed by atoms with Crippen LogP contribution in [0.25, 0.3) is 0 Å². The summed E-state index contributed by atoms with van der Waals surface area (Å²) in [5.41, 5.74) is 5.16. The van der Waals surface area contributed by atoms with Crippen LogP contribution in [0, 0.1) is 26.9 Å². The minimum Gasteiger partial charge on any atom is -0.319 e. The number of rotatable bonds is 3. The summed E-state index contributed by atoms with van der Waals surface area (Å²) >= 11 is 0. The minimum atomic E-state index is -0.808. The van der Waals surface area contributed by atoms with Crippen molar-refractivity contribution >= 4 is 17.3 Å².